The molecule has 1 aromatic carbocycles. The van der Waals surface area contributed by atoms with Gasteiger partial charge in [-0.2, -0.15) is 0 Å². The molecule has 0 fully saturated rings. The molecule has 4 heteroatoms. The van der Waals surface area contributed by atoms with Crippen LogP contribution in [0.4, 0.5) is 11.4 Å². The highest BCUT2D eigenvalue weighted by molar-refractivity contribution is 7.71. The van der Waals surface area contributed by atoms with E-state index < -0.39 is 0 Å². The highest BCUT2D eigenvalue weighted by Crippen LogP contribution is 2.26. The lowest BCUT2D eigenvalue weighted by atomic mass is 9.92. The highest BCUT2D eigenvalue weighted by Gasteiger charge is 2.19. The first-order valence-corrected chi connectivity index (χ1v) is 5.89. The summed E-state index contributed by atoms with van der Waals surface area (Å²) in [5.41, 5.74) is 1.81. The Balaban J connectivity index is 2.66. The van der Waals surface area contributed by atoms with Crippen molar-refractivity contribution in [2.45, 2.75) is 27.2 Å². The Morgan fingerprint density at radius 2 is 1.88 bits per heavy atom. The van der Waals surface area contributed by atoms with E-state index >= 15 is 0 Å². The minimum atomic E-state index is -0.0207. The monoisotopic (exact) mass is 240 g/mol. The molecule has 3 nitrogen and oxygen atoms in total. The van der Waals surface area contributed by atoms with E-state index in [0.29, 0.717) is 10.2 Å². The summed E-state index contributed by atoms with van der Waals surface area (Å²) < 4.78 is 0.447. The fourth-order valence-corrected chi connectivity index (χ4v) is 1.92. The number of hydrogen-bond acceptors (Lipinski definition) is 4. The van der Waals surface area contributed by atoms with Crippen molar-refractivity contribution in [1.29, 1.82) is 0 Å². The van der Waals surface area contributed by atoms with Gasteiger partial charge in [0.2, 0.25) is 5.43 Å². The van der Waals surface area contributed by atoms with Crippen molar-refractivity contribution in [2.75, 3.05) is 30.9 Å². The molecule has 0 atom stereocenters. The molecule has 0 bridgehead atoms. The standard InChI is InChI=1S/C12H20N2OS/c1-12(2,3)6-7-13-8-9(14(4)5)11(16)10(8)15/h13H,6-7H2,1-5H3. The van der Waals surface area contributed by atoms with Crippen LogP contribution in [-0.4, -0.2) is 20.6 Å². The van der Waals surface area contributed by atoms with Crippen LogP contribution in [-0.2, 0) is 0 Å². The summed E-state index contributed by atoms with van der Waals surface area (Å²) in [4.78, 5) is 13.4. The Morgan fingerprint density at radius 1 is 1.31 bits per heavy atom. The van der Waals surface area contributed by atoms with Crippen molar-refractivity contribution in [3.8, 4) is 0 Å². The van der Waals surface area contributed by atoms with E-state index in [0.717, 1.165) is 18.7 Å². The first kappa shape index (κ1) is 13.2. The zero-order valence-electron chi connectivity index (χ0n) is 10.7. The van der Waals surface area contributed by atoms with Gasteiger partial charge in [-0.1, -0.05) is 33.0 Å². The van der Waals surface area contributed by atoms with Gasteiger partial charge in [-0.3, -0.25) is 4.79 Å². The minimum Gasteiger partial charge on any atom is -0.380 e. The van der Waals surface area contributed by atoms with Gasteiger partial charge in [-0.15, -0.1) is 0 Å². The molecular formula is C12H20N2OS. The van der Waals surface area contributed by atoms with E-state index in [4.69, 9.17) is 12.2 Å². The maximum absolute atomic E-state index is 11.5. The largest absolute Gasteiger partial charge is 0.380 e. The Labute approximate surface area is 102 Å². The second-order valence-electron chi connectivity index (χ2n) is 5.51. The van der Waals surface area contributed by atoms with Crippen molar-refractivity contribution < 1.29 is 0 Å². The predicted molar refractivity (Wildman–Crippen MR) is 72.8 cm³/mol. The smallest absolute Gasteiger partial charge is 0.223 e. The maximum Gasteiger partial charge on any atom is 0.223 e. The van der Waals surface area contributed by atoms with Crippen LogP contribution in [0.5, 0.6) is 0 Å². The van der Waals surface area contributed by atoms with Crippen molar-refractivity contribution in [3.63, 3.8) is 0 Å². The summed E-state index contributed by atoms with van der Waals surface area (Å²) in [5, 5.41) is 3.19. The molecule has 0 heterocycles. The molecule has 0 amide bonds. The van der Waals surface area contributed by atoms with Crippen LogP contribution in [0.15, 0.2) is 4.79 Å². The average molecular weight is 240 g/mol. The third kappa shape index (κ3) is 2.82. The topological polar surface area (TPSA) is 32.3 Å². The first-order valence-electron chi connectivity index (χ1n) is 5.48. The highest BCUT2D eigenvalue weighted by atomic mass is 32.1. The fourth-order valence-electron chi connectivity index (χ4n) is 1.53. The third-order valence-electron chi connectivity index (χ3n) is 2.51. The molecule has 0 aromatic heterocycles. The lowest BCUT2D eigenvalue weighted by molar-refractivity contribution is 0.389. The van der Waals surface area contributed by atoms with Crippen molar-refractivity contribution in [2.24, 2.45) is 5.41 Å². The summed E-state index contributed by atoms with van der Waals surface area (Å²) in [5.74, 6) is 0. The van der Waals surface area contributed by atoms with E-state index in [1.165, 1.54) is 0 Å². The lowest BCUT2D eigenvalue weighted by Gasteiger charge is -2.23. The summed E-state index contributed by atoms with van der Waals surface area (Å²) in [7, 11) is 3.80. The van der Waals surface area contributed by atoms with Crippen LogP contribution in [0.1, 0.15) is 27.2 Å². The van der Waals surface area contributed by atoms with Crippen LogP contribution < -0.4 is 15.6 Å². The molecule has 0 aliphatic carbocycles. The van der Waals surface area contributed by atoms with Gasteiger partial charge in [0.25, 0.3) is 0 Å². The first-order chi connectivity index (χ1) is 7.24. The Hall–Kier alpha value is -0.900. The summed E-state index contributed by atoms with van der Waals surface area (Å²) in [6.07, 6.45) is 1.03. The molecule has 0 radical (unpaired) electrons. The number of hydrogen-bond donors (Lipinski definition) is 1. The normalized spacial score (nSPS) is 11.8. The van der Waals surface area contributed by atoms with Crippen LogP contribution >= 0.6 is 12.2 Å². The van der Waals surface area contributed by atoms with E-state index in [9.17, 15) is 4.79 Å². The molecule has 1 rings (SSSR count). The number of anilines is 2. The average Bonchev–Trinajstić information content (AvgIpc) is 2.13. The van der Waals surface area contributed by atoms with E-state index in [1.54, 1.807) is 0 Å². The van der Waals surface area contributed by atoms with Crippen LogP contribution in [0.3, 0.4) is 0 Å². The second kappa shape index (κ2) is 4.53. The summed E-state index contributed by atoms with van der Waals surface area (Å²) >= 11 is 5.02. The number of nitrogens with one attached hydrogen (secondary N) is 1. The third-order valence-corrected chi connectivity index (χ3v) is 2.89. The minimum absolute atomic E-state index is 0.0207. The molecule has 90 valence electrons. The Kier molecular flexibility index (Phi) is 3.73. The summed E-state index contributed by atoms with van der Waals surface area (Å²) in [6, 6.07) is 0. The zero-order chi connectivity index (χ0) is 12.5. The van der Waals surface area contributed by atoms with E-state index in [1.807, 2.05) is 19.0 Å². The van der Waals surface area contributed by atoms with E-state index in [-0.39, 0.29) is 10.8 Å². The maximum atomic E-state index is 11.5. The Bertz CT molecular complexity index is 436. The van der Waals surface area contributed by atoms with Crippen LogP contribution in [0.25, 0.3) is 0 Å². The molecule has 1 aromatic rings. The summed E-state index contributed by atoms with van der Waals surface area (Å²) in [6.45, 7) is 7.36. The molecule has 0 unspecified atom stereocenters. The van der Waals surface area contributed by atoms with Gasteiger partial charge in [-0.25, -0.2) is 0 Å². The van der Waals surface area contributed by atoms with Gasteiger partial charge in [0, 0.05) is 20.6 Å². The zero-order valence-corrected chi connectivity index (χ0v) is 11.5. The Morgan fingerprint density at radius 3 is 2.31 bits per heavy atom. The molecule has 0 aliphatic heterocycles. The molecule has 0 aliphatic rings. The van der Waals surface area contributed by atoms with Crippen LogP contribution in [0.2, 0.25) is 0 Å². The molecule has 1 N–H and O–H groups in total. The molecule has 0 spiro atoms. The number of nitrogens with zero attached hydrogens (tertiary/aromatic N) is 1. The molecule has 0 saturated heterocycles. The quantitative estimate of drug-likeness (QED) is 0.820. The molecule has 16 heavy (non-hydrogen) atoms. The second-order valence-corrected chi connectivity index (χ2v) is 5.92. The predicted octanol–water partition coefficient (Wildman–Crippen LogP) is 2.57. The van der Waals surface area contributed by atoms with E-state index in [2.05, 4.69) is 26.1 Å². The van der Waals surface area contributed by atoms with Crippen LogP contribution in [0, 0.1) is 9.93 Å². The van der Waals surface area contributed by atoms with Crippen molar-refractivity contribution >= 4 is 23.6 Å². The van der Waals surface area contributed by atoms with Gasteiger partial charge in [0.05, 0.1) is 5.69 Å². The van der Waals surface area contributed by atoms with Crippen molar-refractivity contribution in [3.05, 3.63) is 14.7 Å². The SMILES string of the molecule is CN(C)c1c(NCCC(C)(C)C)c(=O)c1=S. The molecule has 0 saturated carbocycles. The van der Waals surface area contributed by atoms with Gasteiger partial charge in [0.15, 0.2) is 0 Å². The van der Waals surface area contributed by atoms with Gasteiger partial charge in [0.1, 0.15) is 10.2 Å². The van der Waals surface area contributed by atoms with Gasteiger partial charge in [-0.05, 0) is 11.8 Å². The van der Waals surface area contributed by atoms with Gasteiger partial charge < -0.3 is 10.2 Å². The molecular weight excluding hydrogens is 220 g/mol. The van der Waals surface area contributed by atoms with Crippen molar-refractivity contribution in [1.82, 2.24) is 0 Å². The number of rotatable bonds is 4. The lowest BCUT2D eigenvalue weighted by Crippen LogP contribution is -2.26. The van der Waals surface area contributed by atoms with Gasteiger partial charge >= 0.3 is 0 Å². The fraction of sp³-hybridized carbons (Fsp3) is 0.667.